The van der Waals surface area contributed by atoms with Gasteiger partial charge in [0.15, 0.2) is 5.65 Å². The highest BCUT2D eigenvalue weighted by Crippen LogP contribution is 2.32. The second-order valence-electron chi connectivity index (χ2n) is 6.00. The smallest absolute Gasteiger partial charge is 0.224 e. The minimum Gasteiger partial charge on any atom is -0.393 e. The predicted molar refractivity (Wildman–Crippen MR) is 82.0 cm³/mol. The summed E-state index contributed by atoms with van der Waals surface area (Å²) in [4.78, 5) is 13.2. The molecule has 0 aliphatic heterocycles. The van der Waals surface area contributed by atoms with Gasteiger partial charge in [0.25, 0.3) is 0 Å². The van der Waals surface area contributed by atoms with Crippen molar-refractivity contribution < 1.29 is 5.11 Å². The van der Waals surface area contributed by atoms with Crippen LogP contribution in [-0.2, 0) is 0 Å². The molecule has 0 saturated heterocycles. The summed E-state index contributed by atoms with van der Waals surface area (Å²) in [6, 6.07) is 0.515. The molecule has 0 amide bonds. The molecule has 0 radical (unpaired) electrons. The molecule has 0 unspecified atom stereocenters. The van der Waals surface area contributed by atoms with Crippen LogP contribution in [0.4, 0.5) is 11.9 Å². The summed E-state index contributed by atoms with van der Waals surface area (Å²) in [5, 5.41) is 12.9. The summed E-state index contributed by atoms with van der Waals surface area (Å²) >= 11 is 0. The lowest BCUT2D eigenvalue weighted by atomic mass is 9.93. The van der Waals surface area contributed by atoms with Crippen LogP contribution in [-0.4, -0.2) is 36.8 Å². The molecule has 0 aromatic carbocycles. The molecule has 1 fully saturated rings. The largest absolute Gasteiger partial charge is 0.393 e. The zero-order valence-corrected chi connectivity index (χ0v) is 12.5. The fourth-order valence-electron chi connectivity index (χ4n) is 2.91. The van der Waals surface area contributed by atoms with Crippen molar-refractivity contribution >= 4 is 23.1 Å². The van der Waals surface area contributed by atoms with Crippen molar-refractivity contribution in [1.29, 1.82) is 0 Å². The average Bonchev–Trinajstić information content (AvgIpc) is 2.75. The monoisotopic (exact) mass is 290 g/mol. The van der Waals surface area contributed by atoms with E-state index in [1.165, 1.54) is 0 Å². The molecule has 1 aliphatic carbocycles. The average molecular weight is 290 g/mol. The number of nitrogen functional groups attached to an aromatic ring is 1. The van der Waals surface area contributed by atoms with Crippen LogP contribution in [0.1, 0.15) is 45.6 Å². The van der Waals surface area contributed by atoms with E-state index in [-0.39, 0.29) is 18.2 Å². The van der Waals surface area contributed by atoms with Crippen LogP contribution in [0, 0.1) is 0 Å². The van der Waals surface area contributed by atoms with Crippen LogP contribution >= 0.6 is 0 Å². The Kier molecular flexibility index (Phi) is 3.67. The van der Waals surface area contributed by atoms with Crippen LogP contribution in [0.15, 0.2) is 6.20 Å². The van der Waals surface area contributed by atoms with Crippen molar-refractivity contribution in [3.05, 3.63) is 6.20 Å². The van der Waals surface area contributed by atoms with Crippen LogP contribution < -0.4 is 11.1 Å². The van der Waals surface area contributed by atoms with Crippen molar-refractivity contribution in [2.75, 3.05) is 11.1 Å². The Morgan fingerprint density at radius 2 is 2.00 bits per heavy atom. The minimum atomic E-state index is -0.190. The summed E-state index contributed by atoms with van der Waals surface area (Å²) in [7, 11) is 0. The van der Waals surface area contributed by atoms with E-state index in [2.05, 4.69) is 20.3 Å². The third-order valence-corrected chi connectivity index (χ3v) is 3.91. The maximum absolute atomic E-state index is 9.66. The highest BCUT2D eigenvalue weighted by molar-refractivity contribution is 5.74. The highest BCUT2D eigenvalue weighted by atomic mass is 16.3. The standard InChI is InChI=1S/C14H22N6O/c1-8(2)17-14-16-7-11-12(19-14)20(13(15)18-11)9-3-5-10(21)6-4-9/h7-10,21H,3-6H2,1-2H3,(H2,15,18)(H,16,17,19). The molecule has 114 valence electrons. The first-order valence-corrected chi connectivity index (χ1v) is 7.49. The fraction of sp³-hybridized carbons (Fsp3) is 0.643. The summed E-state index contributed by atoms with van der Waals surface area (Å²) in [6.45, 7) is 4.09. The number of aromatic nitrogens is 4. The topological polar surface area (TPSA) is 102 Å². The van der Waals surface area contributed by atoms with Crippen molar-refractivity contribution in [2.24, 2.45) is 0 Å². The summed E-state index contributed by atoms with van der Waals surface area (Å²) in [5.74, 6) is 1.07. The number of aliphatic hydroxyl groups excluding tert-OH is 1. The Balaban J connectivity index is 1.98. The number of aliphatic hydroxyl groups is 1. The molecular formula is C14H22N6O. The SMILES string of the molecule is CC(C)Nc1ncc2nc(N)n(C3CCC(O)CC3)c2n1. The number of anilines is 2. The molecule has 7 heteroatoms. The molecule has 21 heavy (non-hydrogen) atoms. The Bertz CT molecular complexity index is 630. The van der Waals surface area contributed by atoms with E-state index in [1.54, 1.807) is 6.20 Å². The summed E-state index contributed by atoms with van der Waals surface area (Å²) < 4.78 is 1.99. The van der Waals surface area contributed by atoms with Gasteiger partial charge in [-0.25, -0.2) is 9.97 Å². The molecule has 3 rings (SSSR count). The van der Waals surface area contributed by atoms with Gasteiger partial charge in [0.1, 0.15) is 5.52 Å². The van der Waals surface area contributed by atoms with Crippen molar-refractivity contribution in [2.45, 2.75) is 57.7 Å². The van der Waals surface area contributed by atoms with E-state index in [0.717, 1.165) is 31.3 Å². The molecule has 7 nitrogen and oxygen atoms in total. The Labute approximate surface area is 123 Å². The normalized spacial score (nSPS) is 22.9. The van der Waals surface area contributed by atoms with Crippen molar-refractivity contribution in [1.82, 2.24) is 19.5 Å². The molecule has 0 bridgehead atoms. The maximum atomic E-state index is 9.66. The van der Waals surface area contributed by atoms with Crippen molar-refractivity contribution in [3.8, 4) is 0 Å². The lowest BCUT2D eigenvalue weighted by Gasteiger charge is -2.27. The maximum Gasteiger partial charge on any atom is 0.224 e. The Morgan fingerprint density at radius 3 is 2.67 bits per heavy atom. The third-order valence-electron chi connectivity index (χ3n) is 3.91. The molecule has 4 N–H and O–H groups in total. The van der Waals surface area contributed by atoms with Crippen LogP contribution in [0.25, 0.3) is 11.2 Å². The van der Waals surface area contributed by atoms with Gasteiger partial charge in [0.2, 0.25) is 11.9 Å². The van der Waals surface area contributed by atoms with E-state index < -0.39 is 0 Å². The number of nitrogens with zero attached hydrogens (tertiary/aromatic N) is 4. The van der Waals surface area contributed by atoms with E-state index >= 15 is 0 Å². The first kappa shape index (κ1) is 14.1. The molecule has 0 spiro atoms. The third kappa shape index (κ3) is 2.78. The number of imidazole rings is 1. The van der Waals surface area contributed by atoms with E-state index in [0.29, 0.717) is 17.4 Å². The van der Waals surface area contributed by atoms with E-state index in [9.17, 15) is 5.11 Å². The van der Waals surface area contributed by atoms with Gasteiger partial charge < -0.3 is 16.2 Å². The van der Waals surface area contributed by atoms with Gasteiger partial charge in [0.05, 0.1) is 12.3 Å². The van der Waals surface area contributed by atoms with Gasteiger partial charge >= 0.3 is 0 Å². The minimum absolute atomic E-state index is 0.190. The number of nitrogens with one attached hydrogen (secondary N) is 1. The number of fused-ring (bicyclic) bond motifs is 1. The molecule has 1 aliphatic rings. The van der Waals surface area contributed by atoms with Gasteiger partial charge in [-0.15, -0.1) is 0 Å². The molecular weight excluding hydrogens is 268 g/mol. The number of hydrogen-bond donors (Lipinski definition) is 3. The predicted octanol–water partition coefficient (Wildman–Crippen LogP) is 1.70. The lowest BCUT2D eigenvalue weighted by molar-refractivity contribution is 0.112. The van der Waals surface area contributed by atoms with Gasteiger partial charge in [-0.05, 0) is 39.5 Å². The van der Waals surface area contributed by atoms with Gasteiger partial charge in [0, 0.05) is 12.1 Å². The molecule has 1 saturated carbocycles. The second-order valence-corrected chi connectivity index (χ2v) is 6.00. The van der Waals surface area contributed by atoms with Crippen LogP contribution in [0.2, 0.25) is 0 Å². The Morgan fingerprint density at radius 1 is 1.29 bits per heavy atom. The second kappa shape index (κ2) is 5.48. The summed E-state index contributed by atoms with van der Waals surface area (Å²) in [5.41, 5.74) is 7.56. The van der Waals surface area contributed by atoms with E-state index in [1.807, 2.05) is 18.4 Å². The van der Waals surface area contributed by atoms with Crippen molar-refractivity contribution in [3.63, 3.8) is 0 Å². The Hall–Kier alpha value is -1.89. The molecule has 2 aromatic rings. The molecule has 0 atom stereocenters. The van der Waals surface area contributed by atoms with Crippen LogP contribution in [0.5, 0.6) is 0 Å². The fourth-order valence-corrected chi connectivity index (χ4v) is 2.91. The number of rotatable bonds is 3. The zero-order chi connectivity index (χ0) is 15.0. The van der Waals surface area contributed by atoms with E-state index in [4.69, 9.17) is 5.73 Å². The molecule has 2 heterocycles. The summed E-state index contributed by atoms with van der Waals surface area (Å²) in [6.07, 6.45) is 4.90. The first-order chi connectivity index (χ1) is 10.0. The highest BCUT2D eigenvalue weighted by Gasteiger charge is 2.25. The molecule has 2 aromatic heterocycles. The quantitative estimate of drug-likeness (QED) is 0.795. The van der Waals surface area contributed by atoms with Gasteiger partial charge in [-0.1, -0.05) is 0 Å². The lowest BCUT2D eigenvalue weighted by Crippen LogP contribution is -2.22. The van der Waals surface area contributed by atoms with Gasteiger partial charge in [-0.3, -0.25) is 4.57 Å². The van der Waals surface area contributed by atoms with Gasteiger partial charge in [-0.2, -0.15) is 4.98 Å². The number of nitrogens with two attached hydrogens (primary N) is 1. The van der Waals surface area contributed by atoms with Crippen LogP contribution in [0.3, 0.4) is 0 Å². The zero-order valence-electron chi connectivity index (χ0n) is 12.5. The first-order valence-electron chi connectivity index (χ1n) is 7.49. The number of hydrogen-bond acceptors (Lipinski definition) is 6.